The first-order valence-electron chi connectivity index (χ1n) is 4.01. The van der Waals surface area contributed by atoms with Crippen molar-refractivity contribution in [3.05, 3.63) is 0 Å². The molecule has 0 aromatic rings. The fraction of sp³-hybridized carbons (Fsp3) is 1.00. The van der Waals surface area contributed by atoms with Gasteiger partial charge in [-0.05, 0) is 23.8 Å². The topological polar surface area (TPSA) is 0 Å². The standard InChI is InChI=1S/C8H19ClSi/c1-7(6-10-9)5-8(2,3)4/h7H,5-6,10H2,1-4H3. The molecule has 0 spiro atoms. The third-order valence-corrected chi connectivity index (χ3v) is 3.42. The number of halogens is 1. The van der Waals surface area contributed by atoms with E-state index in [0.717, 1.165) is 5.92 Å². The molecule has 0 nitrogen and oxygen atoms in total. The van der Waals surface area contributed by atoms with Gasteiger partial charge in [-0.1, -0.05) is 27.7 Å². The van der Waals surface area contributed by atoms with Crippen molar-refractivity contribution in [2.45, 2.75) is 40.2 Å². The first-order chi connectivity index (χ1) is 4.45. The molecule has 0 aliphatic heterocycles. The van der Waals surface area contributed by atoms with Crippen LogP contribution in [0.1, 0.15) is 34.1 Å². The number of hydrogen-bond donors (Lipinski definition) is 0. The van der Waals surface area contributed by atoms with Gasteiger partial charge in [0.05, 0.1) is 0 Å². The summed E-state index contributed by atoms with van der Waals surface area (Å²) >= 11 is 5.76. The van der Waals surface area contributed by atoms with Crippen LogP contribution in [-0.4, -0.2) is 8.83 Å². The zero-order valence-electron chi connectivity index (χ0n) is 7.58. The van der Waals surface area contributed by atoms with E-state index < -0.39 is 0 Å². The average Bonchev–Trinajstić information content (AvgIpc) is 1.59. The summed E-state index contributed by atoms with van der Waals surface area (Å²) in [5, 5.41) is 0. The fourth-order valence-electron chi connectivity index (χ4n) is 1.33. The lowest BCUT2D eigenvalue weighted by molar-refractivity contribution is 0.320. The van der Waals surface area contributed by atoms with Crippen LogP contribution in [0.25, 0.3) is 0 Å². The molecule has 1 atom stereocenters. The molecule has 0 radical (unpaired) electrons. The van der Waals surface area contributed by atoms with E-state index >= 15 is 0 Å². The Labute approximate surface area is 71.9 Å². The molecule has 1 unspecified atom stereocenters. The van der Waals surface area contributed by atoms with Crippen LogP contribution < -0.4 is 0 Å². The van der Waals surface area contributed by atoms with Gasteiger partial charge in [0, 0.05) is 0 Å². The zero-order chi connectivity index (χ0) is 8.20. The second-order valence-corrected chi connectivity index (χ2v) is 6.44. The van der Waals surface area contributed by atoms with Crippen LogP contribution in [0.5, 0.6) is 0 Å². The van der Waals surface area contributed by atoms with E-state index in [0.29, 0.717) is 5.41 Å². The van der Waals surface area contributed by atoms with Crippen molar-refractivity contribution >= 4 is 19.9 Å². The normalized spacial score (nSPS) is 16.5. The molecule has 0 amide bonds. The molecule has 0 rings (SSSR count). The summed E-state index contributed by atoms with van der Waals surface area (Å²) in [6, 6.07) is 1.29. The van der Waals surface area contributed by atoms with Crippen LogP contribution in [0.4, 0.5) is 0 Å². The molecule has 10 heavy (non-hydrogen) atoms. The van der Waals surface area contributed by atoms with Gasteiger partial charge in [0.2, 0.25) is 0 Å². The Morgan fingerprint density at radius 1 is 1.40 bits per heavy atom. The minimum atomic E-state index is -0.230. The molecule has 0 aliphatic carbocycles. The van der Waals surface area contributed by atoms with E-state index in [1.807, 2.05) is 0 Å². The van der Waals surface area contributed by atoms with E-state index in [2.05, 4.69) is 27.7 Å². The maximum Gasteiger partial charge on any atom is 0.125 e. The van der Waals surface area contributed by atoms with Crippen LogP contribution in [0.3, 0.4) is 0 Å². The van der Waals surface area contributed by atoms with E-state index in [1.54, 1.807) is 0 Å². The largest absolute Gasteiger partial charge is 0.176 e. The highest BCUT2D eigenvalue weighted by molar-refractivity contribution is 6.93. The molecule has 0 saturated carbocycles. The lowest BCUT2D eigenvalue weighted by Crippen LogP contribution is -2.11. The summed E-state index contributed by atoms with van der Waals surface area (Å²) in [6.45, 7) is 9.18. The Morgan fingerprint density at radius 2 is 1.90 bits per heavy atom. The first-order valence-corrected chi connectivity index (χ1v) is 7.15. The zero-order valence-corrected chi connectivity index (χ0v) is 9.75. The van der Waals surface area contributed by atoms with Crippen LogP contribution in [0, 0.1) is 11.3 Å². The minimum absolute atomic E-state index is 0.230. The molecule has 0 N–H and O–H groups in total. The van der Waals surface area contributed by atoms with E-state index in [1.165, 1.54) is 12.5 Å². The molecule has 0 aromatic carbocycles. The summed E-state index contributed by atoms with van der Waals surface area (Å²) in [5.41, 5.74) is 0.486. The van der Waals surface area contributed by atoms with E-state index in [-0.39, 0.29) is 8.83 Å². The predicted octanol–water partition coefficient (Wildman–Crippen LogP) is 2.80. The highest BCUT2D eigenvalue weighted by atomic mass is 35.6. The van der Waals surface area contributed by atoms with Gasteiger partial charge >= 0.3 is 0 Å². The van der Waals surface area contributed by atoms with Gasteiger partial charge in [-0.15, -0.1) is 0 Å². The summed E-state index contributed by atoms with van der Waals surface area (Å²) in [6.07, 6.45) is 1.31. The van der Waals surface area contributed by atoms with Gasteiger partial charge in [0.15, 0.2) is 0 Å². The van der Waals surface area contributed by atoms with Crippen molar-refractivity contribution in [3.8, 4) is 0 Å². The smallest absolute Gasteiger partial charge is 0.125 e. The summed E-state index contributed by atoms with van der Waals surface area (Å²) in [4.78, 5) is 0. The lowest BCUT2D eigenvalue weighted by Gasteiger charge is -2.22. The monoisotopic (exact) mass is 178 g/mol. The Kier molecular flexibility index (Phi) is 4.62. The van der Waals surface area contributed by atoms with Crippen molar-refractivity contribution in [2.75, 3.05) is 0 Å². The summed E-state index contributed by atoms with van der Waals surface area (Å²) in [5.74, 6) is 0.837. The number of hydrogen-bond acceptors (Lipinski definition) is 0. The van der Waals surface area contributed by atoms with Gasteiger partial charge in [-0.2, -0.15) is 11.1 Å². The molecule has 62 valence electrons. The van der Waals surface area contributed by atoms with Gasteiger partial charge < -0.3 is 0 Å². The summed E-state index contributed by atoms with van der Waals surface area (Å²) < 4.78 is 0. The molecule has 2 heteroatoms. The van der Waals surface area contributed by atoms with Crippen molar-refractivity contribution in [1.29, 1.82) is 0 Å². The molecule has 0 aliphatic rings. The molecular formula is C8H19ClSi. The molecule has 0 saturated heterocycles. The highest BCUT2D eigenvalue weighted by Gasteiger charge is 2.14. The second kappa shape index (κ2) is 4.40. The molecule has 0 bridgehead atoms. The van der Waals surface area contributed by atoms with Gasteiger partial charge in [0.25, 0.3) is 0 Å². The van der Waals surface area contributed by atoms with Crippen molar-refractivity contribution in [2.24, 2.45) is 11.3 Å². The summed E-state index contributed by atoms with van der Waals surface area (Å²) in [7, 11) is -0.230. The SMILES string of the molecule is CC(C[SiH2]Cl)CC(C)(C)C. The number of rotatable bonds is 3. The van der Waals surface area contributed by atoms with Crippen LogP contribution in [0.2, 0.25) is 6.04 Å². The fourth-order valence-corrected chi connectivity index (χ4v) is 3.03. The third kappa shape index (κ3) is 6.62. The van der Waals surface area contributed by atoms with Crippen LogP contribution >= 0.6 is 11.1 Å². The minimum Gasteiger partial charge on any atom is -0.176 e. The average molecular weight is 179 g/mol. The van der Waals surface area contributed by atoms with E-state index in [4.69, 9.17) is 11.1 Å². The second-order valence-electron chi connectivity index (χ2n) is 4.35. The first kappa shape index (κ1) is 10.5. The lowest BCUT2D eigenvalue weighted by atomic mass is 9.86. The molecular weight excluding hydrogens is 160 g/mol. The van der Waals surface area contributed by atoms with Crippen molar-refractivity contribution in [3.63, 3.8) is 0 Å². The van der Waals surface area contributed by atoms with E-state index in [9.17, 15) is 0 Å². The third-order valence-electron chi connectivity index (χ3n) is 1.56. The predicted molar refractivity (Wildman–Crippen MR) is 52.4 cm³/mol. The highest BCUT2D eigenvalue weighted by Crippen LogP contribution is 2.25. The molecule has 0 heterocycles. The van der Waals surface area contributed by atoms with Crippen molar-refractivity contribution < 1.29 is 0 Å². The maximum absolute atomic E-state index is 5.76. The molecule has 0 aromatic heterocycles. The van der Waals surface area contributed by atoms with Crippen molar-refractivity contribution in [1.82, 2.24) is 0 Å². The van der Waals surface area contributed by atoms with Crippen LogP contribution in [0.15, 0.2) is 0 Å². The van der Waals surface area contributed by atoms with Gasteiger partial charge in [-0.3, -0.25) is 0 Å². The maximum atomic E-state index is 5.76. The molecule has 0 fully saturated rings. The Morgan fingerprint density at radius 3 is 2.20 bits per heavy atom. The van der Waals surface area contributed by atoms with Gasteiger partial charge in [0.1, 0.15) is 8.83 Å². The van der Waals surface area contributed by atoms with Crippen LogP contribution in [-0.2, 0) is 0 Å². The Hall–Kier alpha value is 0.507. The Bertz CT molecular complexity index is 85.7. The Balaban J connectivity index is 3.47. The quantitative estimate of drug-likeness (QED) is 0.461. The van der Waals surface area contributed by atoms with Gasteiger partial charge in [-0.25, -0.2) is 0 Å².